The van der Waals surface area contributed by atoms with Gasteiger partial charge in [0.1, 0.15) is 0 Å². The Labute approximate surface area is 117 Å². The summed E-state index contributed by atoms with van der Waals surface area (Å²) in [5.74, 6) is 1.58. The SMILES string of the molecule is CCCC(C)NC(C)Cc1ccc(OC)c(OC)c1. The maximum absolute atomic E-state index is 5.33. The van der Waals surface area contributed by atoms with Gasteiger partial charge in [-0.15, -0.1) is 0 Å². The minimum absolute atomic E-state index is 0.458. The van der Waals surface area contributed by atoms with Gasteiger partial charge in [-0.2, -0.15) is 0 Å². The second-order valence-electron chi connectivity index (χ2n) is 5.15. The molecule has 108 valence electrons. The van der Waals surface area contributed by atoms with Crippen molar-refractivity contribution < 1.29 is 9.47 Å². The van der Waals surface area contributed by atoms with Gasteiger partial charge in [-0.1, -0.05) is 19.4 Å². The zero-order chi connectivity index (χ0) is 14.3. The molecule has 0 saturated heterocycles. The lowest BCUT2D eigenvalue weighted by molar-refractivity contribution is 0.354. The van der Waals surface area contributed by atoms with Gasteiger partial charge in [0.2, 0.25) is 0 Å². The van der Waals surface area contributed by atoms with Crippen molar-refractivity contribution >= 4 is 0 Å². The fourth-order valence-corrected chi connectivity index (χ4v) is 2.42. The second-order valence-corrected chi connectivity index (χ2v) is 5.15. The van der Waals surface area contributed by atoms with Crippen LogP contribution in [0.5, 0.6) is 11.5 Å². The molecule has 0 heterocycles. The number of methoxy groups -OCH3 is 2. The van der Waals surface area contributed by atoms with Crippen LogP contribution in [0.15, 0.2) is 18.2 Å². The second kappa shape index (κ2) is 8.05. The van der Waals surface area contributed by atoms with Gasteiger partial charge in [-0.05, 0) is 44.4 Å². The Balaban J connectivity index is 2.61. The van der Waals surface area contributed by atoms with Gasteiger partial charge < -0.3 is 14.8 Å². The first-order valence-corrected chi connectivity index (χ1v) is 7.07. The highest BCUT2D eigenvalue weighted by molar-refractivity contribution is 5.43. The van der Waals surface area contributed by atoms with Crippen molar-refractivity contribution in [3.63, 3.8) is 0 Å². The molecule has 0 amide bonds. The summed E-state index contributed by atoms with van der Waals surface area (Å²) in [6.45, 7) is 6.69. The first kappa shape index (κ1) is 15.8. The molecule has 3 heteroatoms. The van der Waals surface area contributed by atoms with Gasteiger partial charge in [0.05, 0.1) is 14.2 Å². The highest BCUT2D eigenvalue weighted by Crippen LogP contribution is 2.27. The maximum Gasteiger partial charge on any atom is 0.160 e. The molecule has 1 rings (SSSR count). The van der Waals surface area contributed by atoms with Gasteiger partial charge in [-0.25, -0.2) is 0 Å². The van der Waals surface area contributed by atoms with Crippen molar-refractivity contribution in [1.29, 1.82) is 0 Å². The highest BCUT2D eigenvalue weighted by atomic mass is 16.5. The maximum atomic E-state index is 5.33. The molecule has 0 aliphatic carbocycles. The van der Waals surface area contributed by atoms with Crippen molar-refractivity contribution in [2.45, 2.75) is 52.1 Å². The molecule has 0 radical (unpaired) electrons. The van der Waals surface area contributed by atoms with E-state index in [-0.39, 0.29) is 0 Å². The summed E-state index contributed by atoms with van der Waals surface area (Å²) in [5.41, 5.74) is 1.27. The molecule has 0 spiro atoms. The lowest BCUT2D eigenvalue weighted by Gasteiger charge is -2.20. The molecule has 0 bridgehead atoms. The minimum Gasteiger partial charge on any atom is -0.493 e. The van der Waals surface area contributed by atoms with Gasteiger partial charge in [0.15, 0.2) is 11.5 Å². The van der Waals surface area contributed by atoms with E-state index in [0.717, 1.165) is 17.9 Å². The Morgan fingerprint density at radius 2 is 1.74 bits per heavy atom. The van der Waals surface area contributed by atoms with Crippen LogP contribution in [-0.2, 0) is 6.42 Å². The molecule has 1 aromatic rings. The Morgan fingerprint density at radius 1 is 1.05 bits per heavy atom. The molecular formula is C16H27NO2. The Kier molecular flexibility index (Phi) is 6.71. The minimum atomic E-state index is 0.458. The molecule has 0 saturated carbocycles. The molecule has 0 aromatic heterocycles. The molecule has 19 heavy (non-hydrogen) atoms. The van der Waals surface area contributed by atoms with Crippen molar-refractivity contribution in [3.05, 3.63) is 23.8 Å². The van der Waals surface area contributed by atoms with E-state index in [0.29, 0.717) is 12.1 Å². The number of nitrogens with one attached hydrogen (secondary N) is 1. The molecular weight excluding hydrogens is 238 g/mol. The quantitative estimate of drug-likeness (QED) is 0.781. The molecule has 0 aliphatic heterocycles. The Hall–Kier alpha value is -1.22. The standard InChI is InChI=1S/C16H27NO2/c1-6-7-12(2)17-13(3)10-14-8-9-15(18-4)16(11-14)19-5/h8-9,11-13,17H,6-7,10H2,1-5H3. The van der Waals surface area contributed by atoms with Crippen LogP contribution in [0.25, 0.3) is 0 Å². The summed E-state index contributed by atoms with van der Waals surface area (Å²) in [6.07, 6.45) is 3.43. The molecule has 3 nitrogen and oxygen atoms in total. The number of hydrogen-bond acceptors (Lipinski definition) is 3. The van der Waals surface area contributed by atoms with E-state index >= 15 is 0 Å². The summed E-state index contributed by atoms with van der Waals surface area (Å²) in [6, 6.07) is 7.15. The monoisotopic (exact) mass is 265 g/mol. The Morgan fingerprint density at radius 3 is 2.32 bits per heavy atom. The zero-order valence-corrected chi connectivity index (χ0v) is 12.8. The highest BCUT2D eigenvalue weighted by Gasteiger charge is 2.10. The van der Waals surface area contributed by atoms with Gasteiger partial charge in [-0.3, -0.25) is 0 Å². The molecule has 2 unspecified atom stereocenters. The summed E-state index contributed by atoms with van der Waals surface area (Å²) in [7, 11) is 3.33. The molecule has 2 atom stereocenters. The zero-order valence-electron chi connectivity index (χ0n) is 12.8. The summed E-state index contributed by atoms with van der Waals surface area (Å²) >= 11 is 0. The van der Waals surface area contributed by atoms with E-state index in [9.17, 15) is 0 Å². The fraction of sp³-hybridized carbons (Fsp3) is 0.625. The third-order valence-corrected chi connectivity index (χ3v) is 3.28. The van der Waals surface area contributed by atoms with E-state index in [1.54, 1.807) is 14.2 Å². The normalized spacial score (nSPS) is 13.9. The molecule has 0 aliphatic rings. The average Bonchev–Trinajstić information content (AvgIpc) is 2.38. The summed E-state index contributed by atoms with van der Waals surface area (Å²) < 4.78 is 10.6. The van der Waals surface area contributed by atoms with E-state index in [1.165, 1.54) is 18.4 Å². The summed E-state index contributed by atoms with van der Waals surface area (Å²) in [5, 5.41) is 3.62. The average molecular weight is 265 g/mol. The van der Waals surface area contributed by atoms with Crippen molar-refractivity contribution in [2.24, 2.45) is 0 Å². The van der Waals surface area contributed by atoms with Crippen LogP contribution >= 0.6 is 0 Å². The molecule has 1 N–H and O–H groups in total. The predicted octanol–water partition coefficient (Wildman–Crippen LogP) is 3.41. The van der Waals surface area contributed by atoms with Crippen LogP contribution < -0.4 is 14.8 Å². The predicted molar refractivity (Wildman–Crippen MR) is 80.2 cm³/mol. The van der Waals surface area contributed by atoms with Gasteiger partial charge in [0, 0.05) is 12.1 Å². The van der Waals surface area contributed by atoms with E-state index < -0.39 is 0 Å². The molecule has 1 aromatic carbocycles. The van der Waals surface area contributed by atoms with Crippen molar-refractivity contribution in [3.8, 4) is 11.5 Å². The third-order valence-electron chi connectivity index (χ3n) is 3.28. The third kappa shape index (κ3) is 5.11. The smallest absolute Gasteiger partial charge is 0.160 e. The van der Waals surface area contributed by atoms with Gasteiger partial charge in [0.25, 0.3) is 0 Å². The Bertz CT molecular complexity index is 379. The van der Waals surface area contributed by atoms with Crippen LogP contribution in [0.3, 0.4) is 0 Å². The van der Waals surface area contributed by atoms with Crippen molar-refractivity contribution in [2.75, 3.05) is 14.2 Å². The van der Waals surface area contributed by atoms with Crippen LogP contribution in [0.2, 0.25) is 0 Å². The first-order valence-electron chi connectivity index (χ1n) is 7.07. The first-order chi connectivity index (χ1) is 9.10. The van der Waals surface area contributed by atoms with E-state index in [1.807, 2.05) is 6.07 Å². The number of ether oxygens (including phenoxy) is 2. The van der Waals surface area contributed by atoms with Gasteiger partial charge >= 0.3 is 0 Å². The van der Waals surface area contributed by atoms with Crippen LogP contribution in [0.1, 0.15) is 39.2 Å². The topological polar surface area (TPSA) is 30.5 Å². The van der Waals surface area contributed by atoms with Crippen LogP contribution in [0, 0.1) is 0 Å². The van der Waals surface area contributed by atoms with Crippen LogP contribution in [-0.4, -0.2) is 26.3 Å². The van der Waals surface area contributed by atoms with E-state index in [2.05, 4.69) is 38.2 Å². The molecule has 0 fully saturated rings. The van der Waals surface area contributed by atoms with Crippen LogP contribution in [0.4, 0.5) is 0 Å². The number of benzene rings is 1. The largest absolute Gasteiger partial charge is 0.493 e. The number of rotatable bonds is 8. The van der Waals surface area contributed by atoms with E-state index in [4.69, 9.17) is 9.47 Å². The lowest BCUT2D eigenvalue weighted by atomic mass is 10.0. The van der Waals surface area contributed by atoms with Crippen molar-refractivity contribution in [1.82, 2.24) is 5.32 Å². The lowest BCUT2D eigenvalue weighted by Crippen LogP contribution is -2.35. The fourth-order valence-electron chi connectivity index (χ4n) is 2.42. The number of hydrogen-bond donors (Lipinski definition) is 1. The summed E-state index contributed by atoms with van der Waals surface area (Å²) in [4.78, 5) is 0.